The van der Waals surface area contributed by atoms with Gasteiger partial charge in [-0.05, 0) is 79.5 Å². The quantitative estimate of drug-likeness (QED) is 0.768. The smallest absolute Gasteiger partial charge is 0.141 e. The highest BCUT2D eigenvalue weighted by Gasteiger charge is 2.54. The van der Waals surface area contributed by atoms with E-state index in [0.717, 1.165) is 25.7 Å². The lowest BCUT2D eigenvalue weighted by atomic mass is 9.49. The number of phenolic OH excluding ortho intramolecular Hbond substituents is 1. The molecule has 3 aliphatic rings. The molecule has 5 unspecified atom stereocenters. The molecule has 0 spiro atoms. The average Bonchev–Trinajstić information content (AvgIpc) is 2.51. The van der Waals surface area contributed by atoms with Crippen molar-refractivity contribution in [1.82, 2.24) is 0 Å². The van der Waals surface area contributed by atoms with Gasteiger partial charge in [0.05, 0.1) is 0 Å². The van der Waals surface area contributed by atoms with E-state index in [-0.39, 0.29) is 11.3 Å². The van der Waals surface area contributed by atoms with E-state index in [1.165, 1.54) is 24.0 Å². The average molecular weight is 298 g/mol. The van der Waals surface area contributed by atoms with Gasteiger partial charge in [-0.3, -0.25) is 4.79 Å². The van der Waals surface area contributed by atoms with E-state index in [2.05, 4.69) is 19.9 Å². The van der Waals surface area contributed by atoms with Crippen LogP contribution in [0.5, 0.6) is 5.75 Å². The molecule has 0 radical (unpaired) electrons. The Morgan fingerprint density at radius 1 is 1.18 bits per heavy atom. The molecule has 1 N–H and O–H groups in total. The lowest BCUT2D eigenvalue weighted by Gasteiger charge is -2.54. The third kappa shape index (κ3) is 1.89. The number of aromatic hydroxyl groups is 1. The van der Waals surface area contributed by atoms with Gasteiger partial charge in [-0.15, -0.1) is 0 Å². The number of benzene rings is 1. The van der Waals surface area contributed by atoms with E-state index in [1.54, 1.807) is 0 Å². The summed E-state index contributed by atoms with van der Waals surface area (Å²) in [6.45, 7) is 4.37. The summed E-state index contributed by atoms with van der Waals surface area (Å²) in [7, 11) is 0. The summed E-state index contributed by atoms with van der Waals surface area (Å²) in [5, 5.41) is 9.73. The molecule has 1 aromatic rings. The number of phenols is 1. The SMILES string of the molecule is CC1CCC2C3CCc4cc(O)ccc4C3CCC2(C)C1=O. The molecular weight excluding hydrogens is 272 g/mol. The number of Topliss-reactive ketones (excluding diaryl/α,β-unsaturated/α-hetero) is 1. The van der Waals surface area contributed by atoms with E-state index >= 15 is 0 Å². The van der Waals surface area contributed by atoms with Crippen LogP contribution in [0.25, 0.3) is 0 Å². The number of hydrogen-bond acceptors (Lipinski definition) is 2. The van der Waals surface area contributed by atoms with Crippen molar-refractivity contribution in [1.29, 1.82) is 0 Å². The predicted octanol–water partition coefficient (Wildman–Crippen LogP) is 4.45. The van der Waals surface area contributed by atoms with Crippen LogP contribution in [-0.2, 0) is 11.2 Å². The first-order valence-electron chi connectivity index (χ1n) is 8.87. The van der Waals surface area contributed by atoms with Crippen LogP contribution < -0.4 is 0 Å². The number of ketones is 1. The van der Waals surface area contributed by atoms with Crippen molar-refractivity contribution in [3.8, 4) is 5.75 Å². The zero-order valence-corrected chi connectivity index (χ0v) is 13.6. The number of rotatable bonds is 0. The van der Waals surface area contributed by atoms with Gasteiger partial charge in [0, 0.05) is 11.3 Å². The molecule has 4 rings (SSSR count). The van der Waals surface area contributed by atoms with Crippen molar-refractivity contribution in [2.24, 2.45) is 23.2 Å². The normalized spacial score (nSPS) is 40.5. The summed E-state index contributed by atoms with van der Waals surface area (Å²) in [6, 6.07) is 5.92. The van der Waals surface area contributed by atoms with Crippen molar-refractivity contribution in [3.63, 3.8) is 0 Å². The molecule has 118 valence electrons. The molecule has 22 heavy (non-hydrogen) atoms. The highest BCUT2D eigenvalue weighted by Crippen LogP contribution is 2.59. The highest BCUT2D eigenvalue weighted by atomic mass is 16.3. The molecule has 0 amide bonds. The summed E-state index contributed by atoms with van der Waals surface area (Å²) < 4.78 is 0. The van der Waals surface area contributed by atoms with E-state index in [9.17, 15) is 9.90 Å². The fourth-order valence-electron chi connectivity index (χ4n) is 5.85. The Hall–Kier alpha value is -1.31. The van der Waals surface area contributed by atoms with Crippen molar-refractivity contribution in [2.75, 3.05) is 0 Å². The molecule has 5 atom stereocenters. The molecule has 0 saturated heterocycles. The van der Waals surface area contributed by atoms with Gasteiger partial charge in [0.15, 0.2) is 0 Å². The second-order valence-electron chi connectivity index (χ2n) is 8.10. The third-order valence-electron chi connectivity index (χ3n) is 7.02. The monoisotopic (exact) mass is 298 g/mol. The predicted molar refractivity (Wildman–Crippen MR) is 86.9 cm³/mol. The minimum Gasteiger partial charge on any atom is -0.508 e. The first-order valence-corrected chi connectivity index (χ1v) is 8.87. The van der Waals surface area contributed by atoms with Gasteiger partial charge < -0.3 is 5.11 Å². The van der Waals surface area contributed by atoms with Crippen LogP contribution in [0, 0.1) is 23.2 Å². The number of fused-ring (bicyclic) bond motifs is 5. The zero-order valence-electron chi connectivity index (χ0n) is 13.6. The van der Waals surface area contributed by atoms with Crippen LogP contribution >= 0.6 is 0 Å². The van der Waals surface area contributed by atoms with E-state index < -0.39 is 0 Å². The Morgan fingerprint density at radius 3 is 2.82 bits per heavy atom. The molecule has 0 bridgehead atoms. The molecule has 0 heterocycles. The molecule has 0 aromatic heterocycles. The zero-order chi connectivity index (χ0) is 15.5. The minimum atomic E-state index is -0.0761. The summed E-state index contributed by atoms with van der Waals surface area (Å²) in [5.41, 5.74) is 2.70. The lowest BCUT2D eigenvalue weighted by molar-refractivity contribution is -0.145. The van der Waals surface area contributed by atoms with E-state index in [4.69, 9.17) is 0 Å². The summed E-state index contributed by atoms with van der Waals surface area (Å²) in [4.78, 5) is 12.8. The summed E-state index contributed by atoms with van der Waals surface area (Å²) in [6.07, 6.45) is 6.71. The van der Waals surface area contributed by atoms with Crippen LogP contribution in [0.2, 0.25) is 0 Å². The second-order valence-corrected chi connectivity index (χ2v) is 8.10. The van der Waals surface area contributed by atoms with Crippen LogP contribution in [0.4, 0.5) is 0 Å². The fourth-order valence-corrected chi connectivity index (χ4v) is 5.85. The molecule has 2 heteroatoms. The second kappa shape index (κ2) is 4.84. The molecule has 0 aliphatic heterocycles. The number of carbonyl (C=O) groups is 1. The Kier molecular flexibility index (Phi) is 3.15. The van der Waals surface area contributed by atoms with Gasteiger partial charge in [0.1, 0.15) is 11.5 Å². The molecule has 1 aromatic carbocycles. The number of aryl methyl sites for hydroxylation is 1. The maximum Gasteiger partial charge on any atom is 0.141 e. The number of hydrogen-bond donors (Lipinski definition) is 1. The molecule has 2 nitrogen and oxygen atoms in total. The van der Waals surface area contributed by atoms with Crippen LogP contribution in [0.15, 0.2) is 18.2 Å². The van der Waals surface area contributed by atoms with Gasteiger partial charge in [0.25, 0.3) is 0 Å². The van der Waals surface area contributed by atoms with Crippen molar-refractivity contribution in [2.45, 2.75) is 58.3 Å². The highest BCUT2D eigenvalue weighted by molar-refractivity contribution is 5.87. The van der Waals surface area contributed by atoms with Crippen LogP contribution in [0.1, 0.15) is 63.0 Å². The number of carbonyl (C=O) groups excluding carboxylic acids is 1. The van der Waals surface area contributed by atoms with Crippen molar-refractivity contribution < 1.29 is 9.90 Å². The van der Waals surface area contributed by atoms with E-state index in [1.807, 2.05) is 12.1 Å². The molecule has 2 fully saturated rings. The Bertz CT molecular complexity index is 620. The standard InChI is InChI=1S/C20H26O2/c1-12-3-8-18-17-6-4-13-11-14(21)5-7-15(13)16(17)9-10-20(18,2)19(12)22/h5,7,11-12,16-18,21H,3-4,6,8-10H2,1-2H3. The maximum absolute atomic E-state index is 12.8. The third-order valence-corrected chi connectivity index (χ3v) is 7.02. The summed E-state index contributed by atoms with van der Waals surface area (Å²) >= 11 is 0. The van der Waals surface area contributed by atoms with Gasteiger partial charge in [-0.1, -0.05) is 19.9 Å². The van der Waals surface area contributed by atoms with Gasteiger partial charge in [-0.25, -0.2) is 0 Å². The van der Waals surface area contributed by atoms with Gasteiger partial charge >= 0.3 is 0 Å². The summed E-state index contributed by atoms with van der Waals surface area (Å²) in [5.74, 6) is 3.00. The van der Waals surface area contributed by atoms with Gasteiger partial charge in [-0.2, -0.15) is 0 Å². The first kappa shape index (κ1) is 14.3. The Balaban J connectivity index is 1.70. The fraction of sp³-hybridized carbons (Fsp3) is 0.650. The molecular formula is C20H26O2. The largest absolute Gasteiger partial charge is 0.508 e. The topological polar surface area (TPSA) is 37.3 Å². The molecule has 3 aliphatic carbocycles. The Morgan fingerprint density at radius 2 is 2.00 bits per heavy atom. The minimum absolute atomic E-state index is 0.0761. The van der Waals surface area contributed by atoms with Gasteiger partial charge in [0.2, 0.25) is 0 Å². The van der Waals surface area contributed by atoms with E-state index in [0.29, 0.717) is 29.3 Å². The van der Waals surface area contributed by atoms with Crippen LogP contribution in [0.3, 0.4) is 0 Å². The Labute approximate surface area is 132 Å². The molecule has 2 saturated carbocycles. The van der Waals surface area contributed by atoms with Crippen LogP contribution in [-0.4, -0.2) is 10.9 Å². The lowest BCUT2D eigenvalue weighted by Crippen LogP contribution is -2.51. The maximum atomic E-state index is 12.8. The van der Waals surface area contributed by atoms with Crippen molar-refractivity contribution in [3.05, 3.63) is 29.3 Å². The first-order chi connectivity index (χ1) is 10.5. The van der Waals surface area contributed by atoms with Crippen molar-refractivity contribution >= 4 is 5.78 Å².